The monoisotopic (exact) mass is 321 g/mol. The molecule has 0 unspecified atom stereocenters. The fraction of sp³-hybridized carbons (Fsp3) is 0.467. The van der Waals surface area contributed by atoms with Gasteiger partial charge in [-0.15, -0.1) is 23.1 Å². The van der Waals surface area contributed by atoms with Crippen molar-refractivity contribution in [2.45, 2.75) is 29.9 Å². The third-order valence-corrected chi connectivity index (χ3v) is 5.93. The highest BCUT2D eigenvalue weighted by Gasteiger charge is 2.26. The number of hydrogen-bond donors (Lipinski definition) is 1. The first-order valence-corrected chi connectivity index (χ1v) is 9.09. The highest BCUT2D eigenvalue weighted by molar-refractivity contribution is 8.01. The van der Waals surface area contributed by atoms with E-state index in [2.05, 4.69) is 23.2 Å². The number of piperidine rings is 1. The van der Waals surface area contributed by atoms with Crippen LogP contribution in [0.3, 0.4) is 0 Å². The number of likely N-dealkylation sites (tertiary alicyclic amines) is 1. The van der Waals surface area contributed by atoms with Crippen LogP contribution in [0.5, 0.6) is 0 Å². The summed E-state index contributed by atoms with van der Waals surface area (Å²) < 4.78 is 1.22. The van der Waals surface area contributed by atoms with Crippen molar-refractivity contribution in [3.8, 4) is 0 Å². The first-order valence-electron chi connectivity index (χ1n) is 7.29. The van der Waals surface area contributed by atoms with Gasteiger partial charge < -0.3 is 4.90 Å². The summed E-state index contributed by atoms with van der Waals surface area (Å²) in [6, 6.07) is 6.03. The van der Waals surface area contributed by atoms with E-state index in [0.717, 1.165) is 42.3 Å². The van der Waals surface area contributed by atoms with E-state index in [4.69, 9.17) is 0 Å². The van der Waals surface area contributed by atoms with Crippen molar-refractivity contribution in [2.24, 2.45) is 0 Å². The normalized spacial score (nSPS) is 18.9. The summed E-state index contributed by atoms with van der Waals surface area (Å²) in [5.74, 6) is 1.60. The number of H-pyrrole nitrogens is 1. The van der Waals surface area contributed by atoms with E-state index in [1.807, 2.05) is 17.0 Å². The molecular formula is C15H19N3OS2. The van der Waals surface area contributed by atoms with Crippen LogP contribution in [0.4, 0.5) is 0 Å². The van der Waals surface area contributed by atoms with Crippen LogP contribution in [0.15, 0.2) is 28.6 Å². The molecule has 0 aromatic carbocycles. The molecule has 1 amide bonds. The Hall–Kier alpha value is -1.27. The minimum atomic E-state index is 0.173. The van der Waals surface area contributed by atoms with Crippen molar-refractivity contribution in [2.75, 3.05) is 18.8 Å². The van der Waals surface area contributed by atoms with E-state index >= 15 is 0 Å². The maximum Gasteiger partial charge on any atom is 0.263 e. The average Bonchev–Trinajstić information content (AvgIpc) is 3.18. The summed E-state index contributed by atoms with van der Waals surface area (Å²) in [6.45, 7) is 3.78. The summed E-state index contributed by atoms with van der Waals surface area (Å²) in [6.07, 6.45) is 3.95. The Balaban J connectivity index is 1.68. The summed E-state index contributed by atoms with van der Waals surface area (Å²) in [5, 5.41) is 7.06. The van der Waals surface area contributed by atoms with Crippen molar-refractivity contribution < 1.29 is 4.79 Å². The molecule has 4 nitrogen and oxygen atoms in total. The van der Waals surface area contributed by atoms with Crippen LogP contribution in [0, 0.1) is 0 Å². The lowest BCUT2D eigenvalue weighted by molar-refractivity contribution is 0.0711. The Morgan fingerprint density at radius 3 is 3.19 bits per heavy atom. The Kier molecular flexibility index (Phi) is 4.65. The molecule has 112 valence electrons. The molecule has 0 radical (unpaired) electrons. The zero-order valence-corrected chi connectivity index (χ0v) is 13.7. The number of carbonyl (C=O) groups excluding carboxylic acids is 1. The lowest BCUT2D eigenvalue weighted by atomic mass is 9.95. The fourth-order valence-corrected chi connectivity index (χ4v) is 4.73. The Morgan fingerprint density at radius 1 is 1.52 bits per heavy atom. The van der Waals surface area contributed by atoms with Gasteiger partial charge in [-0.05, 0) is 36.8 Å². The van der Waals surface area contributed by atoms with Gasteiger partial charge in [0.1, 0.15) is 0 Å². The minimum absolute atomic E-state index is 0.173. The molecule has 3 rings (SSSR count). The zero-order valence-electron chi connectivity index (χ0n) is 12.0. The molecule has 1 N–H and O–H groups in total. The minimum Gasteiger partial charge on any atom is -0.337 e. The molecule has 0 spiro atoms. The largest absolute Gasteiger partial charge is 0.337 e. The SMILES string of the molecule is CCSc1ccc(C(=O)N2CCC[C@H](c3ccn[nH]3)C2)s1. The van der Waals surface area contributed by atoms with Gasteiger partial charge in [-0.3, -0.25) is 9.89 Å². The Bertz CT molecular complexity index is 594. The van der Waals surface area contributed by atoms with E-state index in [1.165, 1.54) is 4.21 Å². The van der Waals surface area contributed by atoms with Gasteiger partial charge >= 0.3 is 0 Å². The number of thioether (sulfide) groups is 1. The molecule has 1 aliphatic rings. The van der Waals surface area contributed by atoms with Crippen molar-refractivity contribution in [3.05, 3.63) is 35.0 Å². The zero-order chi connectivity index (χ0) is 14.7. The van der Waals surface area contributed by atoms with E-state index in [-0.39, 0.29) is 5.91 Å². The van der Waals surface area contributed by atoms with Gasteiger partial charge in [-0.25, -0.2) is 0 Å². The second-order valence-corrected chi connectivity index (χ2v) is 7.80. The van der Waals surface area contributed by atoms with Gasteiger partial charge in [0.25, 0.3) is 5.91 Å². The van der Waals surface area contributed by atoms with Gasteiger partial charge in [0.15, 0.2) is 0 Å². The molecule has 1 atom stereocenters. The molecule has 1 aliphatic heterocycles. The smallest absolute Gasteiger partial charge is 0.263 e. The maximum atomic E-state index is 12.6. The molecule has 1 saturated heterocycles. The van der Waals surface area contributed by atoms with Crippen LogP contribution in [0.2, 0.25) is 0 Å². The number of carbonyl (C=O) groups is 1. The van der Waals surface area contributed by atoms with E-state index < -0.39 is 0 Å². The van der Waals surface area contributed by atoms with Gasteiger partial charge in [0, 0.05) is 30.9 Å². The average molecular weight is 321 g/mol. The lowest BCUT2D eigenvalue weighted by Gasteiger charge is -2.31. The summed E-state index contributed by atoms with van der Waals surface area (Å²) in [7, 11) is 0. The van der Waals surface area contributed by atoms with Crippen LogP contribution in [0.25, 0.3) is 0 Å². The number of aromatic amines is 1. The van der Waals surface area contributed by atoms with Crippen LogP contribution < -0.4 is 0 Å². The van der Waals surface area contributed by atoms with Crippen LogP contribution in [0.1, 0.15) is 41.0 Å². The molecule has 3 heterocycles. The predicted octanol–water partition coefficient (Wildman–Crippen LogP) is 3.60. The quantitative estimate of drug-likeness (QED) is 0.875. The lowest BCUT2D eigenvalue weighted by Crippen LogP contribution is -2.38. The number of amides is 1. The first-order chi connectivity index (χ1) is 10.3. The molecule has 2 aromatic rings. The third-order valence-electron chi connectivity index (χ3n) is 3.75. The standard InChI is InChI=1S/C15H19N3OS2/c1-2-20-14-6-5-13(21-14)15(19)18-9-3-4-11(10-18)12-7-8-16-17-12/h5-8,11H,2-4,9-10H2,1H3,(H,16,17)/t11-/m0/s1. The first kappa shape index (κ1) is 14.7. The van der Waals surface area contributed by atoms with E-state index in [0.29, 0.717) is 5.92 Å². The number of nitrogens with one attached hydrogen (secondary N) is 1. The molecule has 21 heavy (non-hydrogen) atoms. The second-order valence-electron chi connectivity index (χ2n) is 5.15. The maximum absolute atomic E-state index is 12.6. The van der Waals surface area contributed by atoms with E-state index in [1.54, 1.807) is 29.3 Å². The third kappa shape index (κ3) is 3.32. The molecule has 6 heteroatoms. The molecule has 1 fully saturated rings. The van der Waals surface area contributed by atoms with Crippen molar-refractivity contribution in [1.29, 1.82) is 0 Å². The topological polar surface area (TPSA) is 49.0 Å². The summed E-state index contributed by atoms with van der Waals surface area (Å²) in [4.78, 5) is 15.5. The predicted molar refractivity (Wildman–Crippen MR) is 87.2 cm³/mol. The number of thiophene rings is 1. The van der Waals surface area contributed by atoms with Gasteiger partial charge in [0.2, 0.25) is 0 Å². The number of nitrogens with zero attached hydrogens (tertiary/aromatic N) is 2. The highest BCUT2D eigenvalue weighted by Crippen LogP contribution is 2.30. The number of rotatable bonds is 4. The second kappa shape index (κ2) is 6.66. The Labute approximate surface area is 132 Å². The molecule has 0 saturated carbocycles. The van der Waals surface area contributed by atoms with Crippen molar-refractivity contribution in [3.63, 3.8) is 0 Å². The van der Waals surface area contributed by atoms with Crippen LogP contribution in [-0.4, -0.2) is 39.8 Å². The summed E-state index contributed by atoms with van der Waals surface area (Å²) >= 11 is 3.40. The van der Waals surface area contributed by atoms with E-state index in [9.17, 15) is 4.79 Å². The fourth-order valence-electron chi connectivity index (χ4n) is 2.72. The highest BCUT2D eigenvalue weighted by atomic mass is 32.2. The van der Waals surface area contributed by atoms with Crippen LogP contribution >= 0.6 is 23.1 Å². The molecule has 0 bridgehead atoms. The van der Waals surface area contributed by atoms with Crippen molar-refractivity contribution in [1.82, 2.24) is 15.1 Å². The summed E-state index contributed by atoms with van der Waals surface area (Å²) in [5.41, 5.74) is 1.14. The van der Waals surface area contributed by atoms with Gasteiger partial charge in [-0.2, -0.15) is 5.10 Å². The molecular weight excluding hydrogens is 302 g/mol. The van der Waals surface area contributed by atoms with Crippen molar-refractivity contribution >= 4 is 29.0 Å². The number of hydrogen-bond acceptors (Lipinski definition) is 4. The van der Waals surface area contributed by atoms with Gasteiger partial charge in [-0.1, -0.05) is 6.92 Å². The van der Waals surface area contributed by atoms with Crippen LogP contribution in [-0.2, 0) is 0 Å². The molecule has 0 aliphatic carbocycles. The molecule has 2 aromatic heterocycles. The Morgan fingerprint density at radius 2 is 2.43 bits per heavy atom. The number of aromatic nitrogens is 2. The van der Waals surface area contributed by atoms with Gasteiger partial charge in [0.05, 0.1) is 9.09 Å².